The SMILES string of the molecule is CNC(=O)C(C)NS(=O)(=O)c1c(C)cc(F)c(N)c1C. The van der Waals surface area contributed by atoms with Gasteiger partial charge in [0.2, 0.25) is 15.9 Å². The summed E-state index contributed by atoms with van der Waals surface area (Å²) in [5, 5.41) is 2.34. The van der Waals surface area contributed by atoms with Crippen LogP contribution in [0.3, 0.4) is 0 Å². The van der Waals surface area contributed by atoms with Crippen molar-refractivity contribution in [2.75, 3.05) is 12.8 Å². The molecule has 0 heterocycles. The molecule has 0 saturated heterocycles. The Labute approximate surface area is 117 Å². The van der Waals surface area contributed by atoms with E-state index in [0.717, 1.165) is 6.07 Å². The average molecular weight is 303 g/mol. The number of halogens is 1. The molecule has 0 aromatic heterocycles. The van der Waals surface area contributed by atoms with Crippen LogP contribution in [0.15, 0.2) is 11.0 Å². The van der Waals surface area contributed by atoms with E-state index < -0.39 is 27.8 Å². The number of carbonyl (C=O) groups excluding carboxylic acids is 1. The van der Waals surface area contributed by atoms with Gasteiger partial charge in [-0.15, -0.1) is 0 Å². The van der Waals surface area contributed by atoms with E-state index in [1.165, 1.54) is 27.8 Å². The number of nitrogen functional groups attached to an aromatic ring is 1. The molecule has 1 amide bonds. The van der Waals surface area contributed by atoms with E-state index in [1.54, 1.807) is 0 Å². The summed E-state index contributed by atoms with van der Waals surface area (Å²) < 4.78 is 40.3. The molecule has 4 N–H and O–H groups in total. The van der Waals surface area contributed by atoms with Crippen LogP contribution in [0, 0.1) is 19.7 Å². The van der Waals surface area contributed by atoms with Crippen molar-refractivity contribution in [3.8, 4) is 0 Å². The number of nitrogens with one attached hydrogen (secondary N) is 2. The summed E-state index contributed by atoms with van der Waals surface area (Å²) >= 11 is 0. The molecule has 1 aromatic carbocycles. The molecule has 0 radical (unpaired) electrons. The molecule has 6 nitrogen and oxygen atoms in total. The van der Waals surface area contributed by atoms with Gasteiger partial charge in [-0.25, -0.2) is 12.8 Å². The van der Waals surface area contributed by atoms with Gasteiger partial charge in [0, 0.05) is 7.05 Å². The summed E-state index contributed by atoms with van der Waals surface area (Å²) in [7, 11) is -2.57. The Morgan fingerprint density at radius 3 is 2.45 bits per heavy atom. The highest BCUT2D eigenvalue weighted by Crippen LogP contribution is 2.27. The van der Waals surface area contributed by atoms with Crippen LogP contribution in [-0.2, 0) is 14.8 Å². The van der Waals surface area contributed by atoms with E-state index in [4.69, 9.17) is 5.73 Å². The van der Waals surface area contributed by atoms with Gasteiger partial charge in [-0.05, 0) is 38.0 Å². The van der Waals surface area contributed by atoms with Crippen molar-refractivity contribution in [1.29, 1.82) is 0 Å². The highest BCUT2D eigenvalue weighted by Gasteiger charge is 2.26. The third-order valence-electron chi connectivity index (χ3n) is 2.94. The number of hydrogen-bond donors (Lipinski definition) is 3. The third-order valence-corrected chi connectivity index (χ3v) is 4.77. The smallest absolute Gasteiger partial charge is 0.241 e. The molecule has 0 aliphatic heterocycles. The lowest BCUT2D eigenvalue weighted by molar-refractivity contribution is -0.121. The normalized spacial score (nSPS) is 13.1. The van der Waals surface area contributed by atoms with Crippen molar-refractivity contribution in [3.63, 3.8) is 0 Å². The van der Waals surface area contributed by atoms with E-state index in [9.17, 15) is 17.6 Å². The van der Waals surface area contributed by atoms with Crippen LogP contribution >= 0.6 is 0 Å². The van der Waals surface area contributed by atoms with Crippen molar-refractivity contribution in [1.82, 2.24) is 10.0 Å². The molecule has 0 aliphatic carbocycles. The number of nitrogens with two attached hydrogens (primary N) is 1. The summed E-state index contributed by atoms with van der Waals surface area (Å²) in [5.41, 5.74) is 5.65. The predicted molar refractivity (Wildman–Crippen MR) is 74.1 cm³/mol. The van der Waals surface area contributed by atoms with Gasteiger partial charge < -0.3 is 11.1 Å². The van der Waals surface area contributed by atoms with Gasteiger partial charge in [0.1, 0.15) is 5.82 Å². The van der Waals surface area contributed by atoms with Crippen molar-refractivity contribution >= 4 is 21.6 Å². The summed E-state index contributed by atoms with van der Waals surface area (Å²) in [5.74, 6) is -1.14. The molecule has 1 atom stereocenters. The quantitative estimate of drug-likeness (QED) is 0.702. The summed E-state index contributed by atoms with van der Waals surface area (Å²) in [6.07, 6.45) is 0. The standard InChI is InChI=1S/C12H18FN3O3S/c1-6-5-9(13)10(14)7(2)11(6)20(18,19)16-8(3)12(17)15-4/h5,8,16H,14H2,1-4H3,(H,15,17). The lowest BCUT2D eigenvalue weighted by Crippen LogP contribution is -2.43. The van der Waals surface area contributed by atoms with Gasteiger partial charge in [-0.2, -0.15) is 4.72 Å². The molecule has 0 saturated carbocycles. The molecular weight excluding hydrogens is 285 g/mol. The van der Waals surface area contributed by atoms with Gasteiger partial charge >= 0.3 is 0 Å². The number of anilines is 1. The topological polar surface area (TPSA) is 101 Å². The Morgan fingerprint density at radius 1 is 1.40 bits per heavy atom. The van der Waals surface area contributed by atoms with E-state index in [0.29, 0.717) is 0 Å². The van der Waals surface area contributed by atoms with Gasteiger partial charge in [0.15, 0.2) is 0 Å². The third kappa shape index (κ3) is 3.07. The fourth-order valence-corrected chi connectivity index (χ4v) is 3.59. The lowest BCUT2D eigenvalue weighted by Gasteiger charge is -2.17. The van der Waals surface area contributed by atoms with Crippen LogP contribution in [0.2, 0.25) is 0 Å². The van der Waals surface area contributed by atoms with Crippen molar-refractivity contribution in [2.24, 2.45) is 0 Å². The van der Waals surface area contributed by atoms with Crippen molar-refractivity contribution in [3.05, 3.63) is 23.0 Å². The van der Waals surface area contributed by atoms with E-state index >= 15 is 0 Å². The maximum absolute atomic E-state index is 13.4. The molecule has 0 aliphatic rings. The molecule has 1 aromatic rings. The number of carbonyl (C=O) groups is 1. The fourth-order valence-electron chi connectivity index (χ4n) is 1.91. The van der Waals surface area contributed by atoms with E-state index in [-0.39, 0.29) is 21.7 Å². The second kappa shape index (κ2) is 5.76. The minimum atomic E-state index is -3.97. The summed E-state index contributed by atoms with van der Waals surface area (Å²) in [4.78, 5) is 11.3. The van der Waals surface area contributed by atoms with Gasteiger partial charge in [-0.3, -0.25) is 4.79 Å². The first-order valence-electron chi connectivity index (χ1n) is 5.91. The summed E-state index contributed by atoms with van der Waals surface area (Å²) in [6, 6.07) is 0.108. The second-order valence-electron chi connectivity index (χ2n) is 4.50. The molecular formula is C12H18FN3O3S. The minimum Gasteiger partial charge on any atom is -0.396 e. The zero-order chi connectivity index (χ0) is 15.7. The molecule has 1 rings (SSSR count). The lowest BCUT2D eigenvalue weighted by atomic mass is 10.1. The van der Waals surface area contributed by atoms with E-state index in [2.05, 4.69) is 10.0 Å². The molecule has 0 spiro atoms. The highest BCUT2D eigenvalue weighted by atomic mass is 32.2. The first kappa shape index (κ1) is 16.4. The first-order chi connectivity index (χ1) is 9.11. The van der Waals surface area contributed by atoms with Crippen LogP contribution < -0.4 is 15.8 Å². The summed E-state index contributed by atoms with van der Waals surface area (Å²) in [6.45, 7) is 4.30. The Bertz CT molecular complexity index is 644. The Morgan fingerprint density at radius 2 is 1.95 bits per heavy atom. The van der Waals surface area contributed by atoms with Crippen LogP contribution in [0.1, 0.15) is 18.1 Å². The number of hydrogen-bond acceptors (Lipinski definition) is 4. The number of benzene rings is 1. The first-order valence-corrected chi connectivity index (χ1v) is 7.39. The highest BCUT2D eigenvalue weighted by molar-refractivity contribution is 7.89. The second-order valence-corrected chi connectivity index (χ2v) is 6.15. The minimum absolute atomic E-state index is 0.104. The number of sulfonamides is 1. The van der Waals surface area contributed by atoms with Crippen molar-refractivity contribution in [2.45, 2.75) is 31.7 Å². The average Bonchev–Trinajstić information content (AvgIpc) is 2.33. The number of rotatable bonds is 4. The fraction of sp³-hybridized carbons (Fsp3) is 0.417. The number of aryl methyl sites for hydroxylation is 1. The zero-order valence-corrected chi connectivity index (χ0v) is 12.6. The van der Waals surface area contributed by atoms with E-state index in [1.807, 2.05) is 0 Å². The number of amides is 1. The largest absolute Gasteiger partial charge is 0.396 e. The maximum Gasteiger partial charge on any atom is 0.241 e. The molecule has 0 fully saturated rings. The molecule has 20 heavy (non-hydrogen) atoms. The Kier molecular flexibility index (Phi) is 4.72. The van der Waals surface area contributed by atoms with Crippen LogP contribution in [0.4, 0.5) is 10.1 Å². The number of likely N-dealkylation sites (N-methyl/N-ethyl adjacent to an activating group) is 1. The van der Waals surface area contributed by atoms with Gasteiger partial charge in [0.25, 0.3) is 0 Å². The molecule has 0 bridgehead atoms. The molecule has 112 valence electrons. The van der Waals surface area contributed by atoms with Crippen LogP contribution in [-0.4, -0.2) is 27.4 Å². The zero-order valence-electron chi connectivity index (χ0n) is 11.7. The maximum atomic E-state index is 13.4. The monoisotopic (exact) mass is 303 g/mol. The molecule has 1 unspecified atom stereocenters. The molecule has 8 heteroatoms. The van der Waals surface area contributed by atoms with Crippen molar-refractivity contribution < 1.29 is 17.6 Å². The van der Waals surface area contributed by atoms with Crippen LogP contribution in [0.5, 0.6) is 0 Å². The predicted octanol–water partition coefficient (Wildman–Crippen LogP) is 0.438. The Hall–Kier alpha value is -1.67. The van der Waals surface area contributed by atoms with Gasteiger partial charge in [0.05, 0.1) is 16.6 Å². The van der Waals surface area contributed by atoms with Crippen LogP contribution in [0.25, 0.3) is 0 Å². The Balaban J connectivity index is 3.30. The van der Waals surface area contributed by atoms with Gasteiger partial charge in [-0.1, -0.05) is 0 Å².